The van der Waals surface area contributed by atoms with Crippen LogP contribution in [0.5, 0.6) is 0 Å². The molecule has 1 N–H and O–H groups in total. The van der Waals surface area contributed by atoms with E-state index in [1.807, 2.05) is 43.3 Å². The first-order valence-electron chi connectivity index (χ1n) is 9.18. The van der Waals surface area contributed by atoms with E-state index in [2.05, 4.69) is 5.32 Å². The number of amides is 1. The van der Waals surface area contributed by atoms with Crippen LogP contribution in [0, 0.1) is 0 Å². The summed E-state index contributed by atoms with van der Waals surface area (Å²) >= 11 is 0. The quantitative estimate of drug-likeness (QED) is 0.511. The van der Waals surface area contributed by atoms with Gasteiger partial charge in [-0.3, -0.25) is 14.4 Å². The van der Waals surface area contributed by atoms with E-state index in [-0.39, 0.29) is 37.2 Å². The van der Waals surface area contributed by atoms with Gasteiger partial charge in [-0.1, -0.05) is 74.0 Å². The van der Waals surface area contributed by atoms with E-state index in [0.29, 0.717) is 5.56 Å². The van der Waals surface area contributed by atoms with Gasteiger partial charge >= 0.3 is 5.97 Å². The Morgan fingerprint density at radius 3 is 2.19 bits per heavy atom. The predicted octanol–water partition coefficient (Wildman–Crippen LogP) is 3.85. The topological polar surface area (TPSA) is 72.5 Å². The molecule has 0 saturated carbocycles. The van der Waals surface area contributed by atoms with Gasteiger partial charge in [-0.05, 0) is 12.0 Å². The maximum Gasteiger partial charge on any atom is 0.306 e. The fourth-order valence-corrected chi connectivity index (χ4v) is 2.73. The molecule has 5 heteroatoms. The smallest absolute Gasteiger partial charge is 0.306 e. The highest BCUT2D eigenvalue weighted by atomic mass is 16.5. The summed E-state index contributed by atoms with van der Waals surface area (Å²) in [4.78, 5) is 35.9. The standard InChI is InChI=1S/C22H25NO4/c1-2-9-19(17-10-5-3-6-11-17)23-21(25)16-27-22(26)15-14-20(24)18-12-7-4-8-13-18/h3-8,10-13,19H,2,9,14-16H2,1H3,(H,23,25). The van der Waals surface area contributed by atoms with Crippen LogP contribution >= 0.6 is 0 Å². The molecule has 0 aliphatic carbocycles. The van der Waals surface area contributed by atoms with Crippen molar-refractivity contribution in [1.82, 2.24) is 5.32 Å². The molecular weight excluding hydrogens is 342 g/mol. The second-order valence-electron chi connectivity index (χ2n) is 6.27. The van der Waals surface area contributed by atoms with Crippen molar-refractivity contribution >= 4 is 17.7 Å². The van der Waals surface area contributed by atoms with Crippen molar-refractivity contribution in [3.05, 3.63) is 71.8 Å². The van der Waals surface area contributed by atoms with Gasteiger partial charge in [0.05, 0.1) is 12.5 Å². The number of esters is 1. The molecule has 0 aliphatic rings. The summed E-state index contributed by atoms with van der Waals surface area (Å²) < 4.78 is 5.00. The summed E-state index contributed by atoms with van der Waals surface area (Å²) in [6.07, 6.45) is 1.74. The zero-order valence-corrected chi connectivity index (χ0v) is 15.5. The van der Waals surface area contributed by atoms with E-state index in [9.17, 15) is 14.4 Å². The third-order valence-electron chi connectivity index (χ3n) is 4.13. The van der Waals surface area contributed by atoms with Crippen LogP contribution in [0.25, 0.3) is 0 Å². The fraction of sp³-hybridized carbons (Fsp3) is 0.318. The Kier molecular flexibility index (Phi) is 8.23. The molecule has 2 aromatic carbocycles. The van der Waals surface area contributed by atoms with Gasteiger partial charge in [-0.25, -0.2) is 0 Å². The third-order valence-corrected chi connectivity index (χ3v) is 4.13. The monoisotopic (exact) mass is 367 g/mol. The van der Waals surface area contributed by atoms with E-state index < -0.39 is 5.97 Å². The Bertz CT molecular complexity index is 743. The Labute approximate surface area is 159 Å². The minimum atomic E-state index is -0.554. The van der Waals surface area contributed by atoms with Crippen molar-refractivity contribution in [2.75, 3.05) is 6.61 Å². The second kappa shape index (κ2) is 10.9. The number of hydrogen-bond acceptors (Lipinski definition) is 4. The summed E-state index contributed by atoms with van der Waals surface area (Å²) in [5.74, 6) is -1.02. The predicted molar refractivity (Wildman–Crippen MR) is 103 cm³/mol. The first-order chi connectivity index (χ1) is 13.1. The average Bonchev–Trinajstić information content (AvgIpc) is 2.71. The van der Waals surface area contributed by atoms with Crippen LogP contribution in [0.4, 0.5) is 0 Å². The molecule has 1 unspecified atom stereocenters. The zero-order valence-electron chi connectivity index (χ0n) is 15.5. The maximum atomic E-state index is 12.1. The number of benzene rings is 2. The molecule has 0 bridgehead atoms. The number of carbonyl (C=O) groups is 3. The van der Waals surface area contributed by atoms with Crippen LogP contribution in [-0.2, 0) is 14.3 Å². The van der Waals surface area contributed by atoms with E-state index >= 15 is 0 Å². The molecule has 1 atom stereocenters. The molecule has 0 fully saturated rings. The molecule has 0 spiro atoms. The minimum Gasteiger partial charge on any atom is -0.456 e. The number of ether oxygens (including phenoxy) is 1. The highest BCUT2D eigenvalue weighted by Gasteiger charge is 2.16. The number of hydrogen-bond donors (Lipinski definition) is 1. The summed E-state index contributed by atoms with van der Waals surface area (Å²) in [7, 11) is 0. The van der Waals surface area contributed by atoms with Gasteiger partial charge in [0.25, 0.3) is 5.91 Å². The van der Waals surface area contributed by atoms with Gasteiger partial charge in [0, 0.05) is 12.0 Å². The van der Waals surface area contributed by atoms with Gasteiger partial charge in [0.2, 0.25) is 0 Å². The van der Waals surface area contributed by atoms with Crippen LogP contribution in [0.1, 0.15) is 54.6 Å². The third kappa shape index (κ3) is 7.05. The lowest BCUT2D eigenvalue weighted by Crippen LogP contribution is -2.32. The molecule has 0 aromatic heterocycles. The SMILES string of the molecule is CCCC(NC(=O)COC(=O)CCC(=O)c1ccccc1)c1ccccc1. The van der Waals surface area contributed by atoms with E-state index in [1.165, 1.54) is 0 Å². The number of carbonyl (C=O) groups excluding carboxylic acids is 3. The molecule has 0 heterocycles. The van der Waals surface area contributed by atoms with Crippen LogP contribution < -0.4 is 5.32 Å². The van der Waals surface area contributed by atoms with E-state index in [1.54, 1.807) is 24.3 Å². The van der Waals surface area contributed by atoms with Crippen molar-refractivity contribution in [3.8, 4) is 0 Å². The Morgan fingerprint density at radius 1 is 0.926 bits per heavy atom. The van der Waals surface area contributed by atoms with Crippen LogP contribution in [0.3, 0.4) is 0 Å². The lowest BCUT2D eigenvalue weighted by Gasteiger charge is -2.18. The zero-order chi connectivity index (χ0) is 19.5. The highest BCUT2D eigenvalue weighted by molar-refractivity contribution is 5.97. The van der Waals surface area contributed by atoms with E-state index in [4.69, 9.17) is 4.74 Å². The largest absolute Gasteiger partial charge is 0.456 e. The first kappa shape index (κ1) is 20.4. The summed E-state index contributed by atoms with van der Waals surface area (Å²) in [5, 5.41) is 2.90. The average molecular weight is 367 g/mol. The summed E-state index contributed by atoms with van der Waals surface area (Å²) in [6.45, 7) is 1.71. The maximum absolute atomic E-state index is 12.1. The lowest BCUT2D eigenvalue weighted by atomic mass is 10.0. The molecule has 2 aromatic rings. The highest BCUT2D eigenvalue weighted by Crippen LogP contribution is 2.17. The van der Waals surface area contributed by atoms with E-state index in [0.717, 1.165) is 18.4 Å². The lowest BCUT2D eigenvalue weighted by molar-refractivity contribution is -0.148. The Hall–Kier alpha value is -2.95. The summed E-state index contributed by atoms with van der Waals surface area (Å²) in [6, 6.07) is 18.4. The molecule has 142 valence electrons. The van der Waals surface area contributed by atoms with Crippen molar-refractivity contribution in [3.63, 3.8) is 0 Å². The van der Waals surface area contributed by atoms with Crippen LogP contribution in [0.15, 0.2) is 60.7 Å². The molecule has 1 amide bonds. The van der Waals surface area contributed by atoms with Gasteiger partial charge in [0.15, 0.2) is 12.4 Å². The number of nitrogens with one attached hydrogen (secondary N) is 1. The number of rotatable bonds is 10. The van der Waals surface area contributed by atoms with Crippen LogP contribution in [0.2, 0.25) is 0 Å². The van der Waals surface area contributed by atoms with Gasteiger partial charge in [-0.2, -0.15) is 0 Å². The molecule has 0 radical (unpaired) electrons. The van der Waals surface area contributed by atoms with Crippen molar-refractivity contribution in [2.24, 2.45) is 0 Å². The van der Waals surface area contributed by atoms with Crippen molar-refractivity contribution in [2.45, 2.75) is 38.6 Å². The normalized spacial score (nSPS) is 11.4. The molecule has 2 rings (SSSR count). The molecule has 5 nitrogen and oxygen atoms in total. The molecule has 0 aliphatic heterocycles. The molecule has 27 heavy (non-hydrogen) atoms. The molecular formula is C22H25NO4. The van der Waals surface area contributed by atoms with Gasteiger partial charge in [0.1, 0.15) is 0 Å². The summed E-state index contributed by atoms with van der Waals surface area (Å²) in [5.41, 5.74) is 1.58. The number of ketones is 1. The second-order valence-corrected chi connectivity index (χ2v) is 6.27. The van der Waals surface area contributed by atoms with Crippen LogP contribution in [-0.4, -0.2) is 24.3 Å². The van der Waals surface area contributed by atoms with Crippen molar-refractivity contribution in [1.29, 1.82) is 0 Å². The minimum absolute atomic E-state index is 0.0436. The van der Waals surface area contributed by atoms with Gasteiger partial charge < -0.3 is 10.1 Å². The Morgan fingerprint density at radius 2 is 1.56 bits per heavy atom. The number of Topliss-reactive ketones (excluding diaryl/α,β-unsaturated/α-hetero) is 1. The first-order valence-corrected chi connectivity index (χ1v) is 9.18. The Balaban J connectivity index is 1.75. The fourth-order valence-electron chi connectivity index (χ4n) is 2.73. The van der Waals surface area contributed by atoms with Crippen molar-refractivity contribution < 1.29 is 19.1 Å². The molecule has 0 saturated heterocycles. The van der Waals surface area contributed by atoms with Gasteiger partial charge in [-0.15, -0.1) is 0 Å².